The second kappa shape index (κ2) is 8.40. The molecule has 5 nitrogen and oxygen atoms in total. The van der Waals surface area contributed by atoms with Crippen LogP contribution < -0.4 is 9.62 Å². The van der Waals surface area contributed by atoms with Gasteiger partial charge < -0.3 is 5.32 Å². The van der Waals surface area contributed by atoms with Gasteiger partial charge in [0.25, 0.3) is 0 Å². The average molecular weight is 379 g/mol. The molecule has 2 aromatic rings. The van der Waals surface area contributed by atoms with Gasteiger partial charge in [-0.1, -0.05) is 37.3 Å². The molecule has 0 saturated carbocycles. The molecule has 0 aliphatic heterocycles. The third-order valence-electron chi connectivity index (χ3n) is 3.54. The number of nitrogens with zero attached hydrogens (tertiary/aromatic N) is 1. The van der Waals surface area contributed by atoms with Gasteiger partial charge in [0.15, 0.2) is 0 Å². The van der Waals surface area contributed by atoms with Crippen LogP contribution in [0.25, 0.3) is 0 Å². The van der Waals surface area contributed by atoms with E-state index in [4.69, 9.17) is 0 Å². The second-order valence-electron chi connectivity index (χ2n) is 5.49. The van der Waals surface area contributed by atoms with E-state index in [0.717, 1.165) is 21.2 Å². The Kier molecular flexibility index (Phi) is 6.50. The Labute approximate surface area is 153 Å². The van der Waals surface area contributed by atoms with Crippen molar-refractivity contribution in [3.8, 4) is 0 Å². The number of anilines is 2. The van der Waals surface area contributed by atoms with Gasteiger partial charge in [-0.3, -0.25) is 9.10 Å². The van der Waals surface area contributed by atoms with E-state index in [9.17, 15) is 13.2 Å². The summed E-state index contributed by atoms with van der Waals surface area (Å²) in [4.78, 5) is 13.7. The smallest absolute Gasteiger partial charge is 0.248 e. The summed E-state index contributed by atoms with van der Waals surface area (Å²) in [6, 6.07) is 15.2. The molecule has 0 spiro atoms. The maximum absolute atomic E-state index is 12.7. The third-order valence-corrected chi connectivity index (χ3v) is 5.74. The molecule has 0 radical (unpaired) electrons. The van der Waals surface area contributed by atoms with Crippen LogP contribution in [0.1, 0.15) is 13.8 Å². The second-order valence-corrected chi connectivity index (χ2v) is 8.65. The first-order valence-corrected chi connectivity index (χ1v) is 10.7. The minimum Gasteiger partial charge on any atom is -0.323 e. The fourth-order valence-corrected chi connectivity index (χ4v) is 4.41. The highest BCUT2D eigenvalue weighted by Gasteiger charge is 2.29. The van der Waals surface area contributed by atoms with Crippen LogP contribution in [0.2, 0.25) is 0 Å². The van der Waals surface area contributed by atoms with Crippen molar-refractivity contribution in [1.29, 1.82) is 0 Å². The number of amides is 1. The highest BCUT2D eigenvalue weighted by molar-refractivity contribution is 7.99. The first kappa shape index (κ1) is 19.3. The molecule has 0 aliphatic rings. The Balaban J connectivity index is 2.28. The minimum absolute atomic E-state index is 0.376. The van der Waals surface area contributed by atoms with Gasteiger partial charge in [-0.25, -0.2) is 8.42 Å². The molecule has 0 unspecified atom stereocenters. The maximum atomic E-state index is 12.7. The zero-order valence-corrected chi connectivity index (χ0v) is 16.1. The molecule has 134 valence electrons. The monoisotopic (exact) mass is 378 g/mol. The maximum Gasteiger partial charge on any atom is 0.248 e. The fraction of sp³-hybridized carbons (Fsp3) is 0.278. The largest absolute Gasteiger partial charge is 0.323 e. The molecule has 1 atom stereocenters. The van der Waals surface area contributed by atoms with Gasteiger partial charge in [0.1, 0.15) is 6.04 Å². The van der Waals surface area contributed by atoms with Crippen molar-refractivity contribution < 1.29 is 13.2 Å². The predicted octanol–water partition coefficient (Wildman–Crippen LogP) is 3.59. The molecule has 1 amide bonds. The molecular weight excluding hydrogens is 356 g/mol. The average Bonchev–Trinajstić information content (AvgIpc) is 2.56. The summed E-state index contributed by atoms with van der Waals surface area (Å²) in [6.45, 7) is 3.62. The SMILES string of the molecule is CCSc1ccccc1NC(=O)[C@@H](C)N(c1ccccc1)S(C)(=O)=O. The van der Waals surface area contributed by atoms with Crippen LogP contribution in [0, 0.1) is 0 Å². The quantitative estimate of drug-likeness (QED) is 0.748. The number of nitrogens with one attached hydrogen (secondary N) is 1. The number of carbonyl (C=O) groups is 1. The van der Waals surface area contributed by atoms with Crippen LogP contribution in [-0.4, -0.2) is 32.4 Å². The molecule has 0 fully saturated rings. The molecule has 0 saturated heterocycles. The number of thioether (sulfide) groups is 1. The predicted molar refractivity (Wildman–Crippen MR) is 105 cm³/mol. The summed E-state index contributed by atoms with van der Waals surface area (Å²) in [5.41, 5.74) is 1.15. The van der Waals surface area contributed by atoms with Gasteiger partial charge >= 0.3 is 0 Å². The first-order valence-electron chi connectivity index (χ1n) is 7.91. The fourth-order valence-electron chi connectivity index (χ4n) is 2.47. The number of para-hydroxylation sites is 2. The number of sulfonamides is 1. The summed E-state index contributed by atoms with van der Waals surface area (Å²) in [6.07, 6.45) is 1.10. The van der Waals surface area contributed by atoms with Gasteiger partial charge in [0.2, 0.25) is 15.9 Å². The van der Waals surface area contributed by atoms with Gasteiger partial charge in [-0.2, -0.15) is 0 Å². The van der Waals surface area contributed by atoms with Crippen molar-refractivity contribution in [2.45, 2.75) is 24.8 Å². The number of carbonyl (C=O) groups excluding carboxylic acids is 1. The lowest BCUT2D eigenvalue weighted by molar-refractivity contribution is -0.116. The van der Waals surface area contributed by atoms with Crippen LogP contribution in [0.3, 0.4) is 0 Å². The van der Waals surface area contributed by atoms with Gasteiger partial charge in [0.05, 0.1) is 17.6 Å². The summed E-state index contributed by atoms with van der Waals surface area (Å²) in [5.74, 6) is 0.500. The lowest BCUT2D eigenvalue weighted by Crippen LogP contribution is -2.45. The Morgan fingerprint density at radius 2 is 1.72 bits per heavy atom. The topological polar surface area (TPSA) is 66.5 Å². The standard InChI is InChI=1S/C18H22N2O3S2/c1-4-24-17-13-9-8-12-16(17)19-18(21)14(2)20(25(3,22)23)15-10-6-5-7-11-15/h5-14H,4H2,1-3H3,(H,19,21)/t14-/m1/s1. The van der Waals surface area contributed by atoms with Crippen LogP contribution in [0.5, 0.6) is 0 Å². The number of rotatable bonds is 7. The molecule has 2 rings (SSSR count). The molecule has 0 aliphatic carbocycles. The molecule has 0 heterocycles. The Morgan fingerprint density at radius 3 is 2.32 bits per heavy atom. The lowest BCUT2D eigenvalue weighted by Gasteiger charge is -2.28. The zero-order chi connectivity index (χ0) is 18.4. The summed E-state index contributed by atoms with van der Waals surface area (Å²) in [5, 5.41) is 2.85. The molecule has 0 aromatic heterocycles. The van der Waals surface area contributed by atoms with Crippen molar-refractivity contribution in [2.75, 3.05) is 21.6 Å². The Bertz CT molecular complexity index is 823. The Hall–Kier alpha value is -1.99. The number of hydrogen-bond acceptors (Lipinski definition) is 4. The zero-order valence-electron chi connectivity index (χ0n) is 14.5. The van der Waals surface area contributed by atoms with E-state index < -0.39 is 16.1 Å². The van der Waals surface area contributed by atoms with Crippen molar-refractivity contribution >= 4 is 39.1 Å². The normalized spacial score (nSPS) is 12.4. The van der Waals surface area contributed by atoms with Crippen molar-refractivity contribution in [1.82, 2.24) is 0 Å². The molecule has 1 N–H and O–H groups in total. The Morgan fingerprint density at radius 1 is 1.12 bits per heavy atom. The van der Waals surface area contributed by atoms with E-state index in [1.807, 2.05) is 31.2 Å². The molecule has 25 heavy (non-hydrogen) atoms. The van der Waals surface area contributed by atoms with Crippen molar-refractivity contribution in [3.63, 3.8) is 0 Å². The van der Waals surface area contributed by atoms with E-state index in [2.05, 4.69) is 5.32 Å². The molecule has 0 bridgehead atoms. The summed E-state index contributed by atoms with van der Waals surface area (Å²) in [7, 11) is -3.61. The first-order chi connectivity index (χ1) is 11.8. The van der Waals surface area contributed by atoms with Gasteiger partial charge in [-0.05, 0) is 36.9 Å². The van der Waals surface area contributed by atoms with E-state index in [1.165, 1.54) is 0 Å². The highest BCUT2D eigenvalue weighted by Crippen LogP contribution is 2.27. The van der Waals surface area contributed by atoms with E-state index in [1.54, 1.807) is 49.0 Å². The molecule has 2 aromatic carbocycles. The molecule has 7 heteroatoms. The van der Waals surface area contributed by atoms with Crippen LogP contribution in [-0.2, 0) is 14.8 Å². The van der Waals surface area contributed by atoms with Crippen LogP contribution in [0.15, 0.2) is 59.5 Å². The number of benzene rings is 2. The van der Waals surface area contributed by atoms with Crippen molar-refractivity contribution in [3.05, 3.63) is 54.6 Å². The van der Waals surface area contributed by atoms with E-state index in [-0.39, 0.29) is 5.91 Å². The van der Waals surface area contributed by atoms with Crippen LogP contribution in [0.4, 0.5) is 11.4 Å². The van der Waals surface area contributed by atoms with Crippen LogP contribution >= 0.6 is 11.8 Å². The third kappa shape index (κ3) is 4.99. The summed E-state index contributed by atoms with van der Waals surface area (Å²) < 4.78 is 25.6. The number of hydrogen-bond donors (Lipinski definition) is 1. The van der Waals surface area contributed by atoms with E-state index in [0.29, 0.717) is 11.4 Å². The highest BCUT2D eigenvalue weighted by atomic mass is 32.2. The van der Waals surface area contributed by atoms with E-state index >= 15 is 0 Å². The minimum atomic E-state index is -3.61. The van der Waals surface area contributed by atoms with Gasteiger partial charge in [-0.15, -0.1) is 11.8 Å². The van der Waals surface area contributed by atoms with Crippen molar-refractivity contribution in [2.24, 2.45) is 0 Å². The lowest BCUT2D eigenvalue weighted by atomic mass is 10.2. The molecular formula is C18H22N2O3S2. The van der Waals surface area contributed by atoms with Gasteiger partial charge in [0, 0.05) is 4.90 Å². The summed E-state index contributed by atoms with van der Waals surface area (Å²) >= 11 is 1.62.